The number of nitrogens with one attached hydrogen (secondary N) is 1. The average molecular weight is 638 g/mol. The summed E-state index contributed by atoms with van der Waals surface area (Å²) in [6.07, 6.45) is -0.744. The number of piperazine rings is 1. The van der Waals surface area contributed by atoms with Crippen molar-refractivity contribution < 1.29 is 19.1 Å². The number of nitrogens with zero attached hydrogens (tertiary/aromatic N) is 2. The highest BCUT2D eigenvalue weighted by molar-refractivity contribution is 6.83. The number of rotatable bonds is 5. The maximum atomic E-state index is 13.3. The molecule has 2 amide bonds. The lowest BCUT2D eigenvalue weighted by atomic mass is 9.95. The summed E-state index contributed by atoms with van der Waals surface area (Å²) in [6.45, 7) is 20.1. The van der Waals surface area contributed by atoms with E-state index in [2.05, 4.69) is 78.6 Å². The molecule has 0 unspecified atom stereocenters. The van der Waals surface area contributed by atoms with Crippen LogP contribution in [-0.2, 0) is 16.0 Å². The number of ether oxygens (including phenoxy) is 2. The van der Waals surface area contributed by atoms with Gasteiger partial charge in [0, 0.05) is 49.9 Å². The summed E-state index contributed by atoms with van der Waals surface area (Å²) in [5, 5.41) is 3.06. The van der Waals surface area contributed by atoms with Crippen molar-refractivity contribution >= 4 is 25.9 Å². The van der Waals surface area contributed by atoms with Crippen molar-refractivity contribution in [3.05, 3.63) is 88.0 Å². The molecule has 1 aliphatic heterocycles. The summed E-state index contributed by atoms with van der Waals surface area (Å²) in [4.78, 5) is 30.0. The predicted molar refractivity (Wildman–Crippen MR) is 188 cm³/mol. The number of amides is 2. The average Bonchev–Trinajstić information content (AvgIpc) is 3.31. The molecule has 0 radical (unpaired) electrons. The quantitative estimate of drug-likeness (QED) is 0.227. The van der Waals surface area contributed by atoms with Gasteiger partial charge in [-0.1, -0.05) is 74.1 Å². The molecular weight excluding hydrogens is 591 g/mol. The molecule has 1 N–H and O–H groups in total. The molecule has 0 aromatic heterocycles. The molecule has 1 heterocycles. The maximum Gasteiger partial charge on any atom is 0.411 e. The number of anilines is 1. The molecule has 0 spiro atoms. The van der Waals surface area contributed by atoms with Crippen LogP contribution in [0.25, 0.3) is 11.1 Å². The molecule has 3 aromatic carbocycles. The lowest BCUT2D eigenvalue weighted by Gasteiger charge is -2.36. The Morgan fingerprint density at radius 1 is 0.913 bits per heavy atom. The van der Waals surface area contributed by atoms with Gasteiger partial charge < -0.3 is 14.4 Å². The van der Waals surface area contributed by atoms with Crippen LogP contribution >= 0.6 is 0 Å². The lowest BCUT2D eigenvalue weighted by molar-refractivity contribution is 0.0139. The Hall–Kier alpha value is -4.06. The van der Waals surface area contributed by atoms with Gasteiger partial charge in [-0.05, 0) is 79.6 Å². The second-order valence-corrected chi connectivity index (χ2v) is 19.2. The number of benzene rings is 3. The molecule has 7 nitrogen and oxygen atoms in total. The molecule has 1 saturated heterocycles. The highest BCUT2D eigenvalue weighted by atomic mass is 28.3. The Balaban J connectivity index is 1.33. The normalized spacial score (nSPS) is 15.0. The van der Waals surface area contributed by atoms with Crippen molar-refractivity contribution in [3.8, 4) is 22.6 Å². The zero-order valence-corrected chi connectivity index (χ0v) is 29.5. The van der Waals surface area contributed by atoms with Crippen molar-refractivity contribution in [3.63, 3.8) is 0 Å². The zero-order chi connectivity index (χ0) is 33.2. The standard InChI is InChI=1S/C38H47N3O4Si/c1-26-28(24-40-18-20-41(21-19-40)37(43)45-38(3,4)5)23-35(27(2)29(26)17-22-46(6,7)8)39-36(42)44-25-34-32-15-11-9-13-30(32)31-14-10-12-16-33(31)34/h9-16,23,34H,18-21,24-25H2,1-8H3,(H,39,42). The summed E-state index contributed by atoms with van der Waals surface area (Å²) in [6, 6.07) is 18.7. The minimum atomic E-state index is -1.65. The summed E-state index contributed by atoms with van der Waals surface area (Å²) in [7, 11) is -1.65. The Kier molecular flexibility index (Phi) is 9.66. The minimum Gasteiger partial charge on any atom is -0.448 e. The Morgan fingerprint density at radius 3 is 2.07 bits per heavy atom. The number of hydrogen-bond donors (Lipinski definition) is 1. The van der Waals surface area contributed by atoms with Gasteiger partial charge in [0.05, 0.1) is 0 Å². The van der Waals surface area contributed by atoms with E-state index in [4.69, 9.17) is 9.47 Å². The monoisotopic (exact) mass is 637 g/mol. The van der Waals surface area contributed by atoms with Crippen LogP contribution in [0.1, 0.15) is 60.1 Å². The summed E-state index contributed by atoms with van der Waals surface area (Å²) in [5.74, 6) is 3.48. The second kappa shape index (κ2) is 13.3. The maximum absolute atomic E-state index is 13.3. The van der Waals surface area contributed by atoms with Crippen LogP contribution in [0, 0.1) is 25.3 Å². The fourth-order valence-corrected chi connectivity index (χ4v) is 6.60. The van der Waals surface area contributed by atoms with E-state index < -0.39 is 19.8 Å². The first-order chi connectivity index (χ1) is 21.7. The van der Waals surface area contributed by atoms with Crippen molar-refractivity contribution in [1.82, 2.24) is 9.80 Å². The Bertz CT molecular complexity index is 1640. The smallest absolute Gasteiger partial charge is 0.411 e. The van der Waals surface area contributed by atoms with E-state index in [9.17, 15) is 9.59 Å². The third kappa shape index (κ3) is 7.83. The van der Waals surface area contributed by atoms with Crippen molar-refractivity contribution in [2.45, 2.75) is 72.3 Å². The molecule has 1 aliphatic carbocycles. The summed E-state index contributed by atoms with van der Waals surface area (Å²) in [5.41, 5.74) is 12.6. The van der Waals surface area contributed by atoms with E-state index >= 15 is 0 Å². The van der Waals surface area contributed by atoms with E-state index in [1.165, 1.54) is 22.3 Å². The molecule has 5 rings (SSSR count). The molecule has 0 atom stereocenters. The molecule has 0 bridgehead atoms. The van der Waals surface area contributed by atoms with Crippen molar-refractivity contribution in [2.24, 2.45) is 0 Å². The van der Waals surface area contributed by atoms with Crippen molar-refractivity contribution in [1.29, 1.82) is 0 Å². The predicted octanol–water partition coefficient (Wildman–Crippen LogP) is 7.95. The number of fused-ring (bicyclic) bond motifs is 3. The molecule has 1 fully saturated rings. The number of carbonyl (C=O) groups is 2. The highest BCUT2D eigenvalue weighted by Gasteiger charge is 2.30. The van der Waals surface area contributed by atoms with E-state index in [0.29, 0.717) is 25.3 Å². The topological polar surface area (TPSA) is 71.1 Å². The van der Waals surface area contributed by atoms with Crippen LogP contribution in [-0.4, -0.2) is 68.4 Å². The van der Waals surface area contributed by atoms with Gasteiger partial charge in [0.2, 0.25) is 0 Å². The first-order valence-corrected chi connectivity index (χ1v) is 19.7. The van der Waals surface area contributed by atoms with Crippen LogP contribution in [0.2, 0.25) is 19.6 Å². The SMILES string of the molecule is Cc1c(CN2CCN(C(=O)OC(C)(C)C)CC2)cc(NC(=O)OCC2c3ccccc3-c3ccccc32)c(C)c1C#C[Si](C)(C)C. The van der Waals surface area contributed by atoms with Gasteiger partial charge in [0.25, 0.3) is 0 Å². The third-order valence-electron chi connectivity index (χ3n) is 8.52. The Labute approximate surface area is 275 Å². The van der Waals surface area contributed by atoms with Crippen LogP contribution in [0.3, 0.4) is 0 Å². The molecule has 0 saturated carbocycles. The van der Waals surface area contributed by atoms with Gasteiger partial charge in [-0.25, -0.2) is 9.59 Å². The molecule has 46 heavy (non-hydrogen) atoms. The first-order valence-electron chi connectivity index (χ1n) is 16.2. The van der Waals surface area contributed by atoms with Gasteiger partial charge in [0.15, 0.2) is 0 Å². The van der Waals surface area contributed by atoms with E-state index in [1.54, 1.807) is 4.90 Å². The van der Waals surface area contributed by atoms with Crippen LogP contribution in [0.15, 0.2) is 54.6 Å². The third-order valence-corrected chi connectivity index (χ3v) is 9.39. The fraction of sp³-hybridized carbons (Fsp3) is 0.421. The van der Waals surface area contributed by atoms with Gasteiger partial charge in [0.1, 0.15) is 20.3 Å². The zero-order valence-electron chi connectivity index (χ0n) is 28.5. The van der Waals surface area contributed by atoms with Crippen LogP contribution in [0.4, 0.5) is 15.3 Å². The molecule has 3 aromatic rings. The van der Waals surface area contributed by atoms with E-state index in [1.807, 2.05) is 52.0 Å². The minimum absolute atomic E-state index is 0.00894. The van der Waals surface area contributed by atoms with Crippen molar-refractivity contribution in [2.75, 3.05) is 38.1 Å². The molecular formula is C38H47N3O4Si. The molecule has 8 heteroatoms. The summed E-state index contributed by atoms with van der Waals surface area (Å²) < 4.78 is 11.5. The second-order valence-electron chi connectivity index (χ2n) is 14.4. The van der Waals surface area contributed by atoms with Gasteiger partial charge in [-0.15, -0.1) is 5.54 Å². The number of hydrogen-bond acceptors (Lipinski definition) is 5. The Morgan fingerprint density at radius 2 is 1.50 bits per heavy atom. The van der Waals surface area contributed by atoms with E-state index in [0.717, 1.165) is 35.3 Å². The fourth-order valence-electron chi connectivity index (χ4n) is 6.10. The van der Waals surface area contributed by atoms with Gasteiger partial charge >= 0.3 is 12.2 Å². The molecule has 2 aliphatic rings. The lowest BCUT2D eigenvalue weighted by Crippen LogP contribution is -2.49. The van der Waals surface area contributed by atoms with Crippen LogP contribution in [0.5, 0.6) is 0 Å². The first kappa shape index (κ1) is 33.3. The van der Waals surface area contributed by atoms with Crippen LogP contribution < -0.4 is 5.32 Å². The molecule has 242 valence electrons. The largest absolute Gasteiger partial charge is 0.448 e. The van der Waals surface area contributed by atoms with E-state index in [-0.39, 0.29) is 18.6 Å². The number of carbonyl (C=O) groups excluding carboxylic acids is 2. The summed E-state index contributed by atoms with van der Waals surface area (Å²) >= 11 is 0. The highest BCUT2D eigenvalue weighted by Crippen LogP contribution is 2.44. The van der Waals surface area contributed by atoms with Gasteiger partial charge in [-0.2, -0.15) is 0 Å². The van der Waals surface area contributed by atoms with Gasteiger partial charge in [-0.3, -0.25) is 10.2 Å².